The lowest BCUT2D eigenvalue weighted by Gasteiger charge is -1.76. The summed E-state index contributed by atoms with van der Waals surface area (Å²) >= 11 is 0. The van der Waals surface area contributed by atoms with Gasteiger partial charge in [-0.25, -0.2) is 0 Å². The Hall–Kier alpha value is -0.410. The highest BCUT2D eigenvalue weighted by Gasteiger charge is 1.76. The summed E-state index contributed by atoms with van der Waals surface area (Å²) in [5, 5.41) is 2.93. The Labute approximate surface area is 82.9 Å². The fourth-order valence-electron chi connectivity index (χ4n) is 0. The zero-order valence-corrected chi connectivity index (χ0v) is 9.94. The van der Waals surface area contributed by atoms with Gasteiger partial charge in [0.25, 0.3) is 0 Å². The molecule has 3 heteroatoms. The van der Waals surface area contributed by atoms with E-state index in [0.717, 1.165) is 13.2 Å². The van der Waals surface area contributed by atoms with Crippen LogP contribution in [0.15, 0.2) is 0 Å². The van der Waals surface area contributed by atoms with Gasteiger partial charge in [-0.15, -0.1) is 0 Å². The minimum atomic E-state index is 0.255. The quantitative estimate of drug-likeness (QED) is 0.740. The fourth-order valence-corrected chi connectivity index (χ4v) is 0. The molecule has 3 nitrogen and oxygen atoms in total. The second-order valence-electron chi connectivity index (χ2n) is 2.34. The molecule has 0 rings (SSSR count). The number of hydrogen-bond acceptors (Lipinski definition) is 3. The molecule has 0 heterocycles. The average Bonchev–Trinajstić information content (AvgIpc) is 2.18. The SMILES string of the molecule is CCC(C)=O.CCNC.CCOC. The van der Waals surface area contributed by atoms with E-state index >= 15 is 0 Å². The van der Waals surface area contributed by atoms with E-state index in [1.165, 1.54) is 0 Å². The fraction of sp³-hybridized carbons (Fsp3) is 0.900. The van der Waals surface area contributed by atoms with Crippen molar-refractivity contribution in [3.05, 3.63) is 0 Å². The van der Waals surface area contributed by atoms with Gasteiger partial charge in [0.1, 0.15) is 5.78 Å². The van der Waals surface area contributed by atoms with Gasteiger partial charge in [0.15, 0.2) is 0 Å². The first-order valence-electron chi connectivity index (χ1n) is 4.73. The van der Waals surface area contributed by atoms with E-state index in [0.29, 0.717) is 6.42 Å². The first-order valence-corrected chi connectivity index (χ1v) is 4.73. The molecule has 0 atom stereocenters. The Bertz CT molecular complexity index is 77.0. The second kappa shape index (κ2) is 22.6. The highest BCUT2D eigenvalue weighted by atomic mass is 16.5. The predicted octanol–water partition coefficient (Wildman–Crippen LogP) is 1.86. The maximum absolute atomic E-state index is 9.81. The molecule has 82 valence electrons. The molecule has 0 bridgehead atoms. The standard InChI is InChI=1S/C4H8O.C3H9N.C3H8O/c1-3-4(2)5;2*1-3-4-2/h3H2,1-2H3;4H,3H2,1-2H3;3H2,1-2H3. The molecular formula is C10H25NO2. The Morgan fingerprint density at radius 2 is 1.54 bits per heavy atom. The van der Waals surface area contributed by atoms with Crippen LogP contribution in [-0.4, -0.2) is 33.1 Å². The molecule has 0 aromatic rings. The van der Waals surface area contributed by atoms with Crippen LogP contribution >= 0.6 is 0 Å². The molecule has 0 aromatic carbocycles. The maximum Gasteiger partial charge on any atom is 0.129 e. The van der Waals surface area contributed by atoms with E-state index in [1.54, 1.807) is 14.0 Å². The molecule has 0 fully saturated rings. The maximum atomic E-state index is 9.81. The molecule has 0 saturated carbocycles. The summed E-state index contributed by atoms with van der Waals surface area (Å²) in [5.74, 6) is 0.255. The molecule has 0 aliphatic rings. The number of ketones is 1. The van der Waals surface area contributed by atoms with E-state index in [1.807, 2.05) is 20.9 Å². The van der Waals surface area contributed by atoms with Crippen molar-refractivity contribution >= 4 is 5.78 Å². The second-order valence-corrected chi connectivity index (χ2v) is 2.34. The Morgan fingerprint density at radius 3 is 1.54 bits per heavy atom. The largest absolute Gasteiger partial charge is 0.385 e. The van der Waals surface area contributed by atoms with Gasteiger partial charge in [-0.2, -0.15) is 0 Å². The minimum absolute atomic E-state index is 0.255. The van der Waals surface area contributed by atoms with Crippen LogP contribution in [0.4, 0.5) is 0 Å². The summed E-state index contributed by atoms with van der Waals surface area (Å²) in [5.41, 5.74) is 0. The van der Waals surface area contributed by atoms with Crippen molar-refractivity contribution in [2.24, 2.45) is 0 Å². The molecule has 0 unspecified atom stereocenters. The van der Waals surface area contributed by atoms with Crippen LogP contribution in [0.25, 0.3) is 0 Å². The van der Waals surface area contributed by atoms with Gasteiger partial charge in [0.2, 0.25) is 0 Å². The van der Waals surface area contributed by atoms with Crippen molar-refractivity contribution < 1.29 is 9.53 Å². The number of ether oxygens (including phenoxy) is 1. The van der Waals surface area contributed by atoms with Gasteiger partial charge < -0.3 is 14.8 Å². The Balaban J connectivity index is -0.000000117. The van der Waals surface area contributed by atoms with E-state index in [-0.39, 0.29) is 5.78 Å². The van der Waals surface area contributed by atoms with Crippen molar-refractivity contribution in [3.8, 4) is 0 Å². The van der Waals surface area contributed by atoms with E-state index in [4.69, 9.17) is 0 Å². The first-order chi connectivity index (χ1) is 6.10. The van der Waals surface area contributed by atoms with Crippen LogP contribution in [0.1, 0.15) is 34.1 Å². The lowest BCUT2D eigenvalue weighted by atomic mass is 10.4. The van der Waals surface area contributed by atoms with Crippen molar-refractivity contribution in [2.45, 2.75) is 34.1 Å². The summed E-state index contributed by atoms with van der Waals surface area (Å²) in [4.78, 5) is 9.81. The van der Waals surface area contributed by atoms with Crippen molar-refractivity contribution in [1.29, 1.82) is 0 Å². The third kappa shape index (κ3) is 82.7. The smallest absolute Gasteiger partial charge is 0.129 e. The van der Waals surface area contributed by atoms with Crippen LogP contribution in [0.3, 0.4) is 0 Å². The monoisotopic (exact) mass is 191 g/mol. The number of carbonyl (C=O) groups is 1. The number of carbonyl (C=O) groups excluding carboxylic acids is 1. The topological polar surface area (TPSA) is 38.3 Å². The number of hydrogen-bond donors (Lipinski definition) is 1. The molecule has 0 saturated heterocycles. The predicted molar refractivity (Wildman–Crippen MR) is 58.1 cm³/mol. The zero-order chi connectivity index (χ0) is 11.1. The van der Waals surface area contributed by atoms with Gasteiger partial charge in [0.05, 0.1) is 0 Å². The van der Waals surface area contributed by atoms with Crippen LogP contribution in [-0.2, 0) is 9.53 Å². The Kier molecular flexibility index (Phi) is 31.9. The van der Waals surface area contributed by atoms with Crippen LogP contribution in [0, 0.1) is 0 Å². The van der Waals surface area contributed by atoms with Crippen molar-refractivity contribution in [3.63, 3.8) is 0 Å². The summed E-state index contributed by atoms with van der Waals surface area (Å²) < 4.78 is 4.54. The average molecular weight is 191 g/mol. The normalized spacial score (nSPS) is 7.54. The lowest BCUT2D eigenvalue weighted by Crippen LogP contribution is -2.01. The molecule has 0 amide bonds. The van der Waals surface area contributed by atoms with E-state index in [2.05, 4.69) is 17.0 Å². The van der Waals surface area contributed by atoms with Crippen LogP contribution in [0.5, 0.6) is 0 Å². The molecule has 13 heavy (non-hydrogen) atoms. The Morgan fingerprint density at radius 1 is 1.31 bits per heavy atom. The van der Waals surface area contributed by atoms with Crippen LogP contribution in [0.2, 0.25) is 0 Å². The molecule has 0 radical (unpaired) electrons. The molecule has 0 aliphatic heterocycles. The van der Waals surface area contributed by atoms with Crippen molar-refractivity contribution in [2.75, 3.05) is 27.3 Å². The van der Waals surface area contributed by atoms with Gasteiger partial charge in [0, 0.05) is 20.1 Å². The van der Waals surface area contributed by atoms with Gasteiger partial charge in [-0.3, -0.25) is 0 Å². The summed E-state index contributed by atoms with van der Waals surface area (Å²) in [6.07, 6.45) is 0.667. The summed E-state index contributed by atoms with van der Waals surface area (Å²) in [6.45, 7) is 9.35. The lowest BCUT2D eigenvalue weighted by molar-refractivity contribution is -0.116. The number of Topliss-reactive ketones (excluding diaryl/α,β-unsaturated/α-hetero) is 1. The zero-order valence-electron chi connectivity index (χ0n) is 9.94. The first kappa shape index (κ1) is 18.4. The molecule has 0 aromatic heterocycles. The third-order valence-electron chi connectivity index (χ3n) is 1.14. The van der Waals surface area contributed by atoms with E-state index in [9.17, 15) is 4.79 Å². The molecule has 0 aliphatic carbocycles. The summed E-state index contributed by atoms with van der Waals surface area (Å²) in [6, 6.07) is 0. The van der Waals surface area contributed by atoms with E-state index < -0.39 is 0 Å². The summed E-state index contributed by atoms with van der Waals surface area (Å²) in [7, 11) is 3.61. The van der Waals surface area contributed by atoms with Gasteiger partial charge >= 0.3 is 0 Å². The number of nitrogens with one attached hydrogen (secondary N) is 1. The highest BCUT2D eigenvalue weighted by Crippen LogP contribution is 1.71. The minimum Gasteiger partial charge on any atom is -0.385 e. The number of methoxy groups -OCH3 is 1. The van der Waals surface area contributed by atoms with Crippen LogP contribution < -0.4 is 5.32 Å². The number of rotatable bonds is 3. The third-order valence-corrected chi connectivity index (χ3v) is 1.14. The molecular weight excluding hydrogens is 166 g/mol. The molecule has 0 spiro atoms. The van der Waals surface area contributed by atoms with Crippen molar-refractivity contribution in [1.82, 2.24) is 5.32 Å². The van der Waals surface area contributed by atoms with Gasteiger partial charge in [-0.1, -0.05) is 13.8 Å². The molecule has 1 N–H and O–H groups in total. The highest BCUT2D eigenvalue weighted by molar-refractivity contribution is 5.74. The van der Waals surface area contributed by atoms with Gasteiger partial charge in [-0.05, 0) is 27.4 Å².